The van der Waals surface area contributed by atoms with Gasteiger partial charge in [0, 0.05) is 40.0 Å². The summed E-state index contributed by atoms with van der Waals surface area (Å²) in [7, 11) is 2.05. The Hall–Kier alpha value is -2.17. The van der Waals surface area contributed by atoms with E-state index in [1.807, 2.05) is 24.6 Å². The predicted molar refractivity (Wildman–Crippen MR) is 108 cm³/mol. The number of fused-ring (bicyclic) bond motifs is 1. The lowest BCUT2D eigenvalue weighted by Gasteiger charge is -2.21. The molecule has 0 radical (unpaired) electrons. The van der Waals surface area contributed by atoms with Crippen LogP contribution in [0.15, 0.2) is 48.0 Å². The minimum atomic E-state index is 0.607. The molecule has 0 amide bonds. The number of rotatable bonds is 5. The summed E-state index contributed by atoms with van der Waals surface area (Å²) >= 11 is 1.64. The number of H-pyrrole nitrogens is 1. The van der Waals surface area contributed by atoms with Gasteiger partial charge in [0.05, 0.1) is 5.71 Å². The number of hydrogen-bond acceptors (Lipinski definition) is 3. The van der Waals surface area contributed by atoms with Crippen molar-refractivity contribution in [3.63, 3.8) is 0 Å². The lowest BCUT2D eigenvalue weighted by atomic mass is 9.90. The molecular formula is C21H23N3S. The maximum atomic E-state index is 8.33. The summed E-state index contributed by atoms with van der Waals surface area (Å²) in [6.07, 6.45) is 8.62. The van der Waals surface area contributed by atoms with Gasteiger partial charge in [0.15, 0.2) is 0 Å². The van der Waals surface area contributed by atoms with E-state index in [0.717, 1.165) is 17.7 Å². The van der Waals surface area contributed by atoms with Gasteiger partial charge < -0.3 is 15.7 Å². The first kappa shape index (κ1) is 16.3. The fraction of sp³-hybridized carbons (Fsp3) is 0.286. The van der Waals surface area contributed by atoms with Crippen molar-refractivity contribution in [2.24, 2.45) is 0 Å². The molecule has 3 nitrogen and oxygen atoms in total. The fourth-order valence-corrected chi connectivity index (χ4v) is 4.30. The Balaban J connectivity index is 1.62. The first-order valence-electron chi connectivity index (χ1n) is 8.82. The third-order valence-corrected chi connectivity index (χ3v) is 6.04. The highest BCUT2D eigenvalue weighted by Gasteiger charge is 2.16. The molecule has 3 N–H and O–H groups in total. The Morgan fingerprint density at radius 2 is 2.28 bits per heavy atom. The lowest BCUT2D eigenvalue weighted by Crippen LogP contribution is -2.26. The van der Waals surface area contributed by atoms with E-state index in [0.29, 0.717) is 18.2 Å². The second kappa shape index (κ2) is 6.98. The van der Waals surface area contributed by atoms with Crippen LogP contribution in [0.1, 0.15) is 35.3 Å². The summed E-state index contributed by atoms with van der Waals surface area (Å²) in [5.74, 6) is 0. The number of thiophene rings is 1. The Labute approximate surface area is 152 Å². The molecule has 1 unspecified atom stereocenters. The molecule has 1 atom stereocenters. The normalized spacial score (nSPS) is 17.6. The zero-order valence-electron chi connectivity index (χ0n) is 14.4. The van der Waals surface area contributed by atoms with Gasteiger partial charge in [-0.25, -0.2) is 0 Å². The van der Waals surface area contributed by atoms with Gasteiger partial charge in [-0.2, -0.15) is 0 Å². The number of hydrogen-bond donors (Lipinski definition) is 3. The highest BCUT2D eigenvalue weighted by Crippen LogP contribution is 2.32. The monoisotopic (exact) mass is 349 g/mol. The smallest absolute Gasteiger partial charge is 0.0529 e. The van der Waals surface area contributed by atoms with E-state index >= 15 is 0 Å². The zero-order valence-corrected chi connectivity index (χ0v) is 15.2. The van der Waals surface area contributed by atoms with Crippen molar-refractivity contribution in [3.05, 3.63) is 64.0 Å². The van der Waals surface area contributed by atoms with Crippen LogP contribution in [0.25, 0.3) is 16.5 Å². The van der Waals surface area contributed by atoms with E-state index in [1.165, 1.54) is 34.0 Å². The van der Waals surface area contributed by atoms with Crippen molar-refractivity contribution < 1.29 is 0 Å². The molecule has 1 aliphatic rings. The van der Waals surface area contributed by atoms with E-state index in [-0.39, 0.29) is 0 Å². The fourth-order valence-electron chi connectivity index (χ4n) is 3.63. The van der Waals surface area contributed by atoms with Crippen LogP contribution in [0.2, 0.25) is 0 Å². The van der Waals surface area contributed by atoms with Crippen LogP contribution >= 0.6 is 11.3 Å². The highest BCUT2D eigenvalue weighted by atomic mass is 32.1. The molecule has 2 aromatic heterocycles. The molecule has 4 heteroatoms. The number of aromatic nitrogens is 1. The third kappa shape index (κ3) is 3.32. The largest absolute Gasteiger partial charge is 0.361 e. The standard InChI is InChI=1S/C21H23N3S/c1-23-16-7-5-15(6-8-16)18-13-24-20-9-4-14(11-17(18)20)12-19(22)21-3-2-10-25-21/h2-5,9-11,13,16,22-24H,6-8,12H2,1H3. The van der Waals surface area contributed by atoms with Crippen LogP contribution in [-0.2, 0) is 6.42 Å². The predicted octanol–water partition coefficient (Wildman–Crippen LogP) is 5.00. The minimum absolute atomic E-state index is 0.607. The van der Waals surface area contributed by atoms with Gasteiger partial charge in [-0.15, -0.1) is 11.3 Å². The molecule has 2 heterocycles. The number of benzene rings is 1. The van der Waals surface area contributed by atoms with Crippen LogP contribution in [0.3, 0.4) is 0 Å². The SMILES string of the molecule is CNC1CC=C(c2c[nH]c3ccc(CC(=N)c4cccs4)cc23)CC1. The van der Waals surface area contributed by atoms with Crippen LogP contribution in [-0.4, -0.2) is 23.8 Å². The first-order valence-corrected chi connectivity index (χ1v) is 9.70. The van der Waals surface area contributed by atoms with Crippen molar-refractivity contribution in [3.8, 4) is 0 Å². The van der Waals surface area contributed by atoms with Crippen molar-refractivity contribution in [2.75, 3.05) is 7.05 Å². The van der Waals surface area contributed by atoms with Gasteiger partial charge in [0.1, 0.15) is 0 Å². The molecule has 128 valence electrons. The minimum Gasteiger partial charge on any atom is -0.361 e. The number of aromatic amines is 1. The van der Waals surface area contributed by atoms with E-state index in [9.17, 15) is 0 Å². The van der Waals surface area contributed by atoms with Crippen molar-refractivity contribution in [2.45, 2.75) is 31.7 Å². The average molecular weight is 350 g/mol. The van der Waals surface area contributed by atoms with Crippen LogP contribution in [0.5, 0.6) is 0 Å². The average Bonchev–Trinajstić information content (AvgIpc) is 3.31. The molecule has 0 saturated heterocycles. The van der Waals surface area contributed by atoms with Gasteiger partial charge in [-0.1, -0.05) is 18.2 Å². The van der Waals surface area contributed by atoms with Crippen molar-refractivity contribution >= 4 is 33.5 Å². The van der Waals surface area contributed by atoms with Crippen LogP contribution in [0, 0.1) is 5.41 Å². The molecule has 0 bridgehead atoms. The molecule has 0 saturated carbocycles. The molecule has 0 fully saturated rings. The summed E-state index contributed by atoms with van der Waals surface area (Å²) < 4.78 is 0. The second-order valence-corrected chi connectivity index (χ2v) is 7.65. The maximum absolute atomic E-state index is 8.33. The van der Waals surface area contributed by atoms with Gasteiger partial charge in [-0.05, 0) is 61.0 Å². The highest BCUT2D eigenvalue weighted by molar-refractivity contribution is 7.12. The summed E-state index contributed by atoms with van der Waals surface area (Å²) in [5, 5.41) is 15.0. The van der Waals surface area contributed by atoms with Crippen LogP contribution < -0.4 is 5.32 Å². The van der Waals surface area contributed by atoms with Gasteiger partial charge in [0.2, 0.25) is 0 Å². The van der Waals surface area contributed by atoms with E-state index in [2.05, 4.69) is 40.8 Å². The van der Waals surface area contributed by atoms with E-state index < -0.39 is 0 Å². The van der Waals surface area contributed by atoms with Gasteiger partial charge in [0.25, 0.3) is 0 Å². The molecule has 1 aliphatic carbocycles. The molecule has 1 aromatic carbocycles. The second-order valence-electron chi connectivity index (χ2n) is 6.70. The Morgan fingerprint density at radius 3 is 3.00 bits per heavy atom. The number of allylic oxidation sites excluding steroid dienone is 1. The summed E-state index contributed by atoms with van der Waals surface area (Å²) in [6.45, 7) is 0. The molecule has 3 aromatic rings. The van der Waals surface area contributed by atoms with Crippen molar-refractivity contribution in [1.29, 1.82) is 5.41 Å². The topological polar surface area (TPSA) is 51.7 Å². The Bertz CT molecular complexity index is 918. The Kier molecular flexibility index (Phi) is 4.55. The van der Waals surface area contributed by atoms with Crippen LogP contribution in [0.4, 0.5) is 0 Å². The number of nitrogens with one attached hydrogen (secondary N) is 3. The quantitative estimate of drug-likeness (QED) is 0.558. The van der Waals surface area contributed by atoms with E-state index in [4.69, 9.17) is 5.41 Å². The molecule has 0 spiro atoms. The lowest BCUT2D eigenvalue weighted by molar-refractivity contribution is 0.523. The summed E-state index contributed by atoms with van der Waals surface area (Å²) in [5.41, 5.74) is 5.85. The van der Waals surface area contributed by atoms with E-state index in [1.54, 1.807) is 11.3 Å². The van der Waals surface area contributed by atoms with Crippen molar-refractivity contribution in [1.82, 2.24) is 10.3 Å². The zero-order chi connectivity index (χ0) is 17.2. The summed E-state index contributed by atoms with van der Waals surface area (Å²) in [6, 6.07) is 11.2. The first-order chi connectivity index (χ1) is 12.2. The molecular weight excluding hydrogens is 326 g/mol. The molecule has 4 rings (SSSR count). The third-order valence-electron chi connectivity index (χ3n) is 5.11. The molecule has 0 aliphatic heterocycles. The molecule has 25 heavy (non-hydrogen) atoms. The van der Waals surface area contributed by atoms with Gasteiger partial charge in [-0.3, -0.25) is 0 Å². The Morgan fingerprint density at radius 1 is 1.36 bits per heavy atom. The summed E-state index contributed by atoms with van der Waals surface area (Å²) in [4.78, 5) is 4.47. The maximum Gasteiger partial charge on any atom is 0.0529 e. The van der Waals surface area contributed by atoms with Gasteiger partial charge >= 0.3 is 0 Å².